The van der Waals surface area contributed by atoms with Gasteiger partial charge < -0.3 is 9.47 Å². The van der Waals surface area contributed by atoms with Crippen LogP contribution < -0.4 is 15.0 Å². The number of aromatic nitrogens is 2. The minimum absolute atomic E-state index is 0.0882. The van der Waals surface area contributed by atoms with Gasteiger partial charge in [0, 0.05) is 29.8 Å². The van der Waals surface area contributed by atoms with Crippen molar-refractivity contribution < 1.29 is 13.9 Å². The molecule has 0 saturated carbocycles. The Morgan fingerprint density at radius 1 is 1.11 bits per heavy atom. The molecule has 5 nitrogen and oxygen atoms in total. The third kappa shape index (κ3) is 3.62. The number of aryl methyl sites for hydroxylation is 1. The molecule has 0 aliphatic heterocycles. The predicted octanol–water partition coefficient (Wildman–Crippen LogP) is 5.34. The van der Waals surface area contributed by atoms with Gasteiger partial charge in [-0.3, -0.25) is 4.79 Å². The van der Waals surface area contributed by atoms with E-state index in [9.17, 15) is 9.18 Å². The average molecular weight is 488 g/mol. The molecule has 3 aromatic rings. The number of nitrogens with zero attached hydrogens (tertiary/aromatic N) is 2. The zero-order chi connectivity index (χ0) is 20.6. The van der Waals surface area contributed by atoms with E-state index in [1.54, 1.807) is 12.1 Å². The number of rotatable bonds is 4. The van der Waals surface area contributed by atoms with Crippen LogP contribution in [0, 0.1) is 5.82 Å². The molecule has 2 aromatic carbocycles. The summed E-state index contributed by atoms with van der Waals surface area (Å²) in [6, 6.07) is 7.25. The minimum Gasteiger partial charge on any atom is -0.497 e. The van der Waals surface area contributed by atoms with Gasteiger partial charge in [0.25, 0.3) is 5.56 Å². The summed E-state index contributed by atoms with van der Waals surface area (Å²) in [7, 11) is 4.52. The molecule has 0 radical (unpaired) electrons. The van der Waals surface area contributed by atoms with Crippen LogP contribution >= 0.6 is 39.1 Å². The van der Waals surface area contributed by atoms with E-state index in [0.717, 1.165) is 10.7 Å². The SMILES string of the molecule is COc1cc(OC)c(Br)c(-c2nn(C)c(=O)c(Cl)c2-c2ccc(F)cc2Cl)c1. The lowest BCUT2D eigenvalue weighted by Crippen LogP contribution is -2.22. The number of ether oxygens (including phenoxy) is 2. The second kappa shape index (κ2) is 8.11. The van der Waals surface area contributed by atoms with Crippen molar-refractivity contribution >= 4 is 39.1 Å². The summed E-state index contributed by atoms with van der Waals surface area (Å²) in [4.78, 5) is 12.4. The molecular weight excluding hydrogens is 474 g/mol. The maximum atomic E-state index is 13.6. The summed E-state index contributed by atoms with van der Waals surface area (Å²) >= 11 is 16.1. The van der Waals surface area contributed by atoms with Crippen LogP contribution in [0.3, 0.4) is 0 Å². The first-order valence-electron chi connectivity index (χ1n) is 7.92. The lowest BCUT2D eigenvalue weighted by atomic mass is 9.99. The summed E-state index contributed by atoms with van der Waals surface area (Å²) in [5.74, 6) is 0.503. The molecule has 3 rings (SSSR count). The van der Waals surface area contributed by atoms with Gasteiger partial charge >= 0.3 is 0 Å². The van der Waals surface area contributed by atoms with Crippen LogP contribution in [0.2, 0.25) is 10.0 Å². The van der Waals surface area contributed by atoms with Gasteiger partial charge in [-0.05, 0) is 40.2 Å². The largest absolute Gasteiger partial charge is 0.497 e. The van der Waals surface area contributed by atoms with E-state index in [0.29, 0.717) is 32.8 Å². The highest BCUT2D eigenvalue weighted by Gasteiger charge is 2.23. The lowest BCUT2D eigenvalue weighted by Gasteiger charge is -2.17. The number of hydrogen-bond acceptors (Lipinski definition) is 4. The molecule has 0 amide bonds. The Labute approximate surface area is 178 Å². The van der Waals surface area contributed by atoms with Crippen LogP contribution in [-0.4, -0.2) is 24.0 Å². The van der Waals surface area contributed by atoms with Gasteiger partial charge in [0.15, 0.2) is 0 Å². The Hall–Kier alpha value is -2.09. The molecule has 0 fully saturated rings. The quantitative estimate of drug-likeness (QED) is 0.498. The van der Waals surface area contributed by atoms with Crippen LogP contribution in [0.25, 0.3) is 22.4 Å². The van der Waals surface area contributed by atoms with Crippen molar-refractivity contribution in [3.63, 3.8) is 0 Å². The fourth-order valence-corrected chi connectivity index (χ4v) is 3.89. The first-order valence-corrected chi connectivity index (χ1v) is 9.47. The fourth-order valence-electron chi connectivity index (χ4n) is 2.74. The summed E-state index contributed by atoms with van der Waals surface area (Å²) in [6.07, 6.45) is 0. The smallest absolute Gasteiger partial charge is 0.285 e. The van der Waals surface area contributed by atoms with E-state index in [4.69, 9.17) is 32.7 Å². The predicted molar refractivity (Wildman–Crippen MR) is 111 cm³/mol. The Balaban J connectivity index is 2.45. The average Bonchev–Trinajstić information content (AvgIpc) is 2.67. The van der Waals surface area contributed by atoms with E-state index < -0.39 is 11.4 Å². The molecule has 28 heavy (non-hydrogen) atoms. The molecule has 1 heterocycles. The van der Waals surface area contributed by atoms with Crippen LogP contribution in [0.15, 0.2) is 39.6 Å². The van der Waals surface area contributed by atoms with Crippen molar-refractivity contribution in [3.05, 3.63) is 61.0 Å². The molecule has 0 bridgehead atoms. The van der Waals surface area contributed by atoms with E-state index in [1.807, 2.05) is 0 Å². The van der Waals surface area contributed by atoms with Crippen LogP contribution in [0.5, 0.6) is 11.5 Å². The van der Waals surface area contributed by atoms with Crippen molar-refractivity contribution in [1.82, 2.24) is 9.78 Å². The first-order chi connectivity index (χ1) is 13.3. The Morgan fingerprint density at radius 2 is 1.82 bits per heavy atom. The Kier molecular flexibility index (Phi) is 5.98. The molecule has 0 spiro atoms. The Bertz CT molecular complexity index is 1140. The highest BCUT2D eigenvalue weighted by molar-refractivity contribution is 9.10. The molecule has 0 N–H and O–H groups in total. The highest BCUT2D eigenvalue weighted by atomic mass is 79.9. The topological polar surface area (TPSA) is 53.4 Å². The molecule has 0 unspecified atom stereocenters. The van der Waals surface area contributed by atoms with E-state index in [2.05, 4.69) is 21.0 Å². The maximum Gasteiger partial charge on any atom is 0.285 e. The third-order valence-electron chi connectivity index (χ3n) is 4.11. The maximum absolute atomic E-state index is 13.6. The van der Waals surface area contributed by atoms with Crippen LogP contribution in [-0.2, 0) is 7.05 Å². The first kappa shape index (κ1) is 20.6. The second-order valence-electron chi connectivity index (χ2n) is 5.78. The van der Waals surface area contributed by atoms with Gasteiger partial charge in [-0.15, -0.1) is 0 Å². The Morgan fingerprint density at radius 3 is 2.43 bits per heavy atom. The number of halogens is 4. The second-order valence-corrected chi connectivity index (χ2v) is 7.36. The van der Waals surface area contributed by atoms with Gasteiger partial charge in [0.05, 0.1) is 23.7 Å². The molecule has 0 aliphatic rings. The standard InChI is InChI=1S/C19H14BrCl2FN2O3/c1-25-19(26)17(22)15(11-5-4-9(23)6-13(11)21)18(24-25)12-7-10(27-2)8-14(28-3)16(12)20/h4-8H,1-3H3. The van der Waals surface area contributed by atoms with Crippen LogP contribution in [0.4, 0.5) is 4.39 Å². The van der Waals surface area contributed by atoms with Crippen molar-refractivity contribution in [2.45, 2.75) is 0 Å². The van der Waals surface area contributed by atoms with Gasteiger partial charge in [-0.2, -0.15) is 5.10 Å². The minimum atomic E-state index is -0.508. The molecule has 0 aliphatic carbocycles. The molecular formula is C19H14BrCl2FN2O3. The summed E-state index contributed by atoms with van der Waals surface area (Å²) < 4.78 is 26.0. The zero-order valence-electron chi connectivity index (χ0n) is 15.0. The monoisotopic (exact) mass is 486 g/mol. The van der Waals surface area contributed by atoms with Crippen molar-refractivity contribution in [3.8, 4) is 33.9 Å². The van der Waals surface area contributed by atoms with Crippen LogP contribution in [0.1, 0.15) is 0 Å². The summed E-state index contributed by atoms with van der Waals surface area (Å²) in [5, 5.41) is 4.39. The molecule has 9 heteroatoms. The van der Waals surface area contributed by atoms with E-state index in [-0.39, 0.29) is 15.6 Å². The summed E-state index contributed by atoms with van der Waals surface area (Å²) in [5.41, 5.74) is 1.06. The normalized spacial score (nSPS) is 10.8. The number of hydrogen-bond donors (Lipinski definition) is 0. The fraction of sp³-hybridized carbons (Fsp3) is 0.158. The molecule has 1 aromatic heterocycles. The molecule has 0 saturated heterocycles. The zero-order valence-corrected chi connectivity index (χ0v) is 18.1. The molecule has 0 atom stereocenters. The lowest BCUT2D eigenvalue weighted by molar-refractivity contribution is 0.393. The van der Waals surface area contributed by atoms with Crippen molar-refractivity contribution in [2.75, 3.05) is 14.2 Å². The van der Waals surface area contributed by atoms with Gasteiger partial charge in [0.2, 0.25) is 0 Å². The number of methoxy groups -OCH3 is 2. The van der Waals surface area contributed by atoms with Gasteiger partial charge in [-0.25, -0.2) is 9.07 Å². The van der Waals surface area contributed by atoms with E-state index in [1.165, 1.54) is 33.4 Å². The highest BCUT2D eigenvalue weighted by Crippen LogP contribution is 2.44. The third-order valence-corrected chi connectivity index (χ3v) is 5.59. The van der Waals surface area contributed by atoms with Gasteiger partial charge in [-0.1, -0.05) is 23.2 Å². The summed E-state index contributed by atoms with van der Waals surface area (Å²) in [6.45, 7) is 0. The molecule has 146 valence electrons. The number of benzene rings is 2. The van der Waals surface area contributed by atoms with Crippen molar-refractivity contribution in [2.24, 2.45) is 7.05 Å². The van der Waals surface area contributed by atoms with E-state index >= 15 is 0 Å². The van der Waals surface area contributed by atoms with Crippen molar-refractivity contribution in [1.29, 1.82) is 0 Å². The van der Waals surface area contributed by atoms with Gasteiger partial charge in [0.1, 0.15) is 28.0 Å².